The zero-order chi connectivity index (χ0) is 21.5. The van der Waals surface area contributed by atoms with Crippen LogP contribution in [0.2, 0.25) is 0 Å². The van der Waals surface area contributed by atoms with Gasteiger partial charge in [-0.15, -0.1) is 0 Å². The topological polar surface area (TPSA) is 67.4 Å². The summed E-state index contributed by atoms with van der Waals surface area (Å²) in [7, 11) is 0. The molecule has 0 aliphatic heterocycles. The zero-order valence-electron chi connectivity index (χ0n) is 17.4. The minimum absolute atomic E-state index is 0.0694. The molecule has 1 unspecified atom stereocenters. The van der Waals surface area contributed by atoms with Gasteiger partial charge in [-0.05, 0) is 54.3 Å². The number of hydrogen-bond donors (Lipinski definition) is 2. The third kappa shape index (κ3) is 5.47. The van der Waals surface area contributed by atoms with Crippen molar-refractivity contribution in [2.24, 2.45) is 5.92 Å². The Morgan fingerprint density at radius 1 is 0.833 bits per heavy atom. The Hall–Kier alpha value is -3.60. The molecule has 1 atom stereocenters. The third-order valence-corrected chi connectivity index (χ3v) is 4.73. The number of rotatable bonds is 6. The molecule has 0 fully saturated rings. The molecule has 0 aromatic heterocycles. The monoisotopic (exact) mass is 402 g/mol. The molecule has 3 rings (SSSR count). The predicted octanol–water partition coefficient (Wildman–Crippen LogP) is 5.73. The lowest BCUT2D eigenvalue weighted by molar-refractivity contribution is 0.0966. The van der Waals surface area contributed by atoms with E-state index in [1.165, 1.54) is 0 Å². The highest BCUT2D eigenvalue weighted by Crippen LogP contribution is 2.29. The summed E-state index contributed by atoms with van der Waals surface area (Å²) in [5.41, 5.74) is 2.96. The van der Waals surface area contributed by atoms with Crippen molar-refractivity contribution in [3.63, 3.8) is 0 Å². The first kappa shape index (κ1) is 21.1. The standard InChI is InChI=1S/C25H26N2O3/c1-17(2)23(19-10-5-4-6-11-19)30-21-15-13-20(14-16-21)26-25(29)27-24(28)22-12-8-7-9-18(22)3/h4-17,23H,1-3H3,(H2,26,27,28,29). The molecule has 154 valence electrons. The quantitative estimate of drug-likeness (QED) is 0.553. The van der Waals surface area contributed by atoms with Crippen LogP contribution in [0.3, 0.4) is 0 Å². The minimum atomic E-state index is -0.582. The summed E-state index contributed by atoms with van der Waals surface area (Å²) in [6.07, 6.45) is -0.0694. The van der Waals surface area contributed by atoms with Gasteiger partial charge in [0.1, 0.15) is 11.9 Å². The van der Waals surface area contributed by atoms with Gasteiger partial charge in [0.25, 0.3) is 5.91 Å². The Kier molecular flexibility index (Phi) is 6.86. The summed E-state index contributed by atoms with van der Waals surface area (Å²) in [4.78, 5) is 24.4. The van der Waals surface area contributed by atoms with Gasteiger partial charge in [-0.1, -0.05) is 62.4 Å². The van der Waals surface area contributed by atoms with E-state index in [1.54, 1.807) is 36.4 Å². The molecular weight excluding hydrogens is 376 g/mol. The summed E-state index contributed by atoms with van der Waals surface area (Å²) < 4.78 is 6.18. The Morgan fingerprint density at radius 2 is 1.47 bits per heavy atom. The number of imide groups is 1. The molecule has 0 bridgehead atoms. The number of nitrogens with one attached hydrogen (secondary N) is 2. The summed E-state index contributed by atoms with van der Waals surface area (Å²) in [5.74, 6) is 0.566. The maximum Gasteiger partial charge on any atom is 0.326 e. The number of amides is 3. The van der Waals surface area contributed by atoms with Crippen LogP contribution in [-0.4, -0.2) is 11.9 Å². The number of carbonyl (C=O) groups is 2. The summed E-state index contributed by atoms with van der Waals surface area (Å²) >= 11 is 0. The van der Waals surface area contributed by atoms with Gasteiger partial charge in [-0.3, -0.25) is 10.1 Å². The molecule has 0 aliphatic rings. The van der Waals surface area contributed by atoms with Crippen LogP contribution in [-0.2, 0) is 0 Å². The number of carbonyl (C=O) groups excluding carboxylic acids is 2. The van der Waals surface area contributed by atoms with Gasteiger partial charge in [0.05, 0.1) is 0 Å². The second-order valence-corrected chi connectivity index (χ2v) is 7.44. The van der Waals surface area contributed by atoms with E-state index in [1.807, 2.05) is 37.3 Å². The van der Waals surface area contributed by atoms with Crippen LogP contribution >= 0.6 is 0 Å². The highest BCUT2D eigenvalue weighted by Gasteiger charge is 2.17. The Bertz CT molecular complexity index is 998. The molecule has 3 aromatic carbocycles. The average Bonchev–Trinajstić information content (AvgIpc) is 2.73. The van der Waals surface area contributed by atoms with Crippen molar-refractivity contribution < 1.29 is 14.3 Å². The van der Waals surface area contributed by atoms with Crippen molar-refractivity contribution in [1.29, 1.82) is 0 Å². The van der Waals surface area contributed by atoms with E-state index in [0.29, 0.717) is 22.9 Å². The summed E-state index contributed by atoms with van der Waals surface area (Å²) in [6, 6.07) is 23.7. The maximum atomic E-state index is 12.2. The van der Waals surface area contributed by atoms with Crippen molar-refractivity contribution in [3.05, 3.63) is 95.6 Å². The number of ether oxygens (including phenoxy) is 1. The molecule has 3 amide bonds. The molecule has 30 heavy (non-hydrogen) atoms. The Morgan fingerprint density at radius 3 is 2.10 bits per heavy atom. The van der Waals surface area contributed by atoms with Gasteiger partial charge in [0.15, 0.2) is 0 Å². The van der Waals surface area contributed by atoms with Gasteiger partial charge in [-0.2, -0.15) is 0 Å². The normalized spacial score (nSPS) is 11.6. The third-order valence-electron chi connectivity index (χ3n) is 4.73. The van der Waals surface area contributed by atoms with E-state index in [2.05, 4.69) is 36.6 Å². The SMILES string of the molecule is Cc1ccccc1C(=O)NC(=O)Nc1ccc(OC(c2ccccc2)C(C)C)cc1. The second-order valence-electron chi connectivity index (χ2n) is 7.44. The molecule has 0 saturated heterocycles. The Labute approximate surface area is 177 Å². The van der Waals surface area contributed by atoms with Crippen LogP contribution in [0.4, 0.5) is 10.5 Å². The van der Waals surface area contributed by atoms with E-state index in [4.69, 9.17) is 4.74 Å². The van der Waals surface area contributed by atoms with Crippen LogP contribution in [0, 0.1) is 12.8 Å². The van der Waals surface area contributed by atoms with Crippen molar-refractivity contribution in [2.75, 3.05) is 5.32 Å². The largest absolute Gasteiger partial charge is 0.485 e. The molecule has 5 nitrogen and oxygen atoms in total. The number of benzene rings is 3. The molecule has 0 heterocycles. The van der Waals surface area contributed by atoms with Crippen molar-refractivity contribution in [3.8, 4) is 5.75 Å². The van der Waals surface area contributed by atoms with E-state index in [-0.39, 0.29) is 6.10 Å². The minimum Gasteiger partial charge on any atom is -0.485 e. The van der Waals surface area contributed by atoms with Crippen LogP contribution < -0.4 is 15.4 Å². The predicted molar refractivity (Wildman–Crippen MR) is 119 cm³/mol. The number of urea groups is 1. The van der Waals surface area contributed by atoms with E-state index < -0.39 is 11.9 Å². The molecule has 0 saturated carbocycles. The van der Waals surface area contributed by atoms with E-state index in [9.17, 15) is 9.59 Å². The van der Waals surface area contributed by atoms with Crippen molar-refractivity contribution in [2.45, 2.75) is 26.9 Å². The first-order valence-corrected chi connectivity index (χ1v) is 9.93. The highest BCUT2D eigenvalue weighted by molar-refractivity contribution is 6.08. The highest BCUT2D eigenvalue weighted by atomic mass is 16.5. The second kappa shape index (κ2) is 9.74. The van der Waals surface area contributed by atoms with Gasteiger partial charge in [-0.25, -0.2) is 4.79 Å². The lowest BCUT2D eigenvalue weighted by atomic mass is 9.99. The molecule has 0 spiro atoms. The lowest BCUT2D eigenvalue weighted by Gasteiger charge is -2.23. The maximum absolute atomic E-state index is 12.2. The summed E-state index contributed by atoms with van der Waals surface area (Å²) in [5, 5.41) is 5.02. The molecule has 2 N–H and O–H groups in total. The van der Waals surface area contributed by atoms with Gasteiger partial charge in [0.2, 0.25) is 0 Å². The summed E-state index contributed by atoms with van der Waals surface area (Å²) in [6.45, 7) is 6.05. The average molecular weight is 402 g/mol. The van der Waals surface area contributed by atoms with Gasteiger partial charge in [0, 0.05) is 11.3 Å². The van der Waals surface area contributed by atoms with Crippen LogP contribution in [0.1, 0.15) is 41.4 Å². The zero-order valence-corrected chi connectivity index (χ0v) is 17.4. The molecule has 5 heteroatoms. The van der Waals surface area contributed by atoms with Crippen LogP contribution in [0.25, 0.3) is 0 Å². The fourth-order valence-corrected chi connectivity index (χ4v) is 3.16. The lowest BCUT2D eigenvalue weighted by Crippen LogP contribution is -2.34. The molecule has 0 radical (unpaired) electrons. The molecule has 3 aromatic rings. The van der Waals surface area contributed by atoms with Gasteiger partial charge >= 0.3 is 6.03 Å². The fraction of sp³-hybridized carbons (Fsp3) is 0.200. The van der Waals surface area contributed by atoms with E-state index in [0.717, 1.165) is 11.1 Å². The fourth-order valence-electron chi connectivity index (χ4n) is 3.16. The van der Waals surface area contributed by atoms with Crippen LogP contribution in [0.15, 0.2) is 78.9 Å². The van der Waals surface area contributed by atoms with Crippen molar-refractivity contribution >= 4 is 17.6 Å². The number of aryl methyl sites for hydroxylation is 1. The van der Waals surface area contributed by atoms with Gasteiger partial charge < -0.3 is 10.1 Å². The first-order valence-electron chi connectivity index (χ1n) is 9.93. The first-order chi connectivity index (χ1) is 14.4. The van der Waals surface area contributed by atoms with E-state index >= 15 is 0 Å². The smallest absolute Gasteiger partial charge is 0.326 e. The van der Waals surface area contributed by atoms with Crippen LogP contribution in [0.5, 0.6) is 5.75 Å². The number of hydrogen-bond acceptors (Lipinski definition) is 3. The molecule has 0 aliphatic carbocycles. The van der Waals surface area contributed by atoms with Crippen molar-refractivity contribution in [1.82, 2.24) is 5.32 Å². The molecular formula is C25H26N2O3. The number of anilines is 1. The Balaban J connectivity index is 1.60.